The smallest absolute Gasteiger partial charge is 0.0958 e. The van der Waals surface area contributed by atoms with Crippen LogP contribution in [0.5, 0.6) is 0 Å². The summed E-state index contributed by atoms with van der Waals surface area (Å²) in [5, 5.41) is 0. The van der Waals surface area contributed by atoms with Crippen molar-refractivity contribution in [2.75, 3.05) is 0 Å². The van der Waals surface area contributed by atoms with Gasteiger partial charge in [0.05, 0.1) is 17.4 Å². The highest BCUT2D eigenvalue weighted by Gasteiger charge is 2.12. The number of imidazole rings is 1. The van der Waals surface area contributed by atoms with Gasteiger partial charge in [-0.1, -0.05) is 212 Å². The van der Waals surface area contributed by atoms with Crippen LogP contribution >= 0.6 is 0 Å². The van der Waals surface area contributed by atoms with Gasteiger partial charge in [0.25, 0.3) is 0 Å². The molecule has 0 radical (unpaired) electrons. The van der Waals surface area contributed by atoms with Crippen LogP contribution in [0.15, 0.2) is 30.6 Å². The topological polar surface area (TPSA) is 17.8 Å². The second kappa shape index (κ2) is 29.1. The van der Waals surface area contributed by atoms with E-state index in [1.807, 2.05) is 0 Å². The van der Waals surface area contributed by atoms with Crippen molar-refractivity contribution in [3.8, 4) is 0 Å². The number of para-hydroxylation sites is 2. The molecule has 0 saturated carbocycles. The van der Waals surface area contributed by atoms with E-state index in [4.69, 9.17) is 0 Å². The Morgan fingerprint density at radius 1 is 0.455 bits per heavy atom. The molecular formula is C42H76N2. The highest BCUT2D eigenvalue weighted by atomic mass is 15.0. The van der Waals surface area contributed by atoms with Crippen molar-refractivity contribution in [3.05, 3.63) is 30.6 Å². The molecule has 0 fully saturated rings. The second-order valence-electron chi connectivity index (χ2n) is 14.4. The second-order valence-corrected chi connectivity index (χ2v) is 14.4. The summed E-state index contributed by atoms with van der Waals surface area (Å²) in [4.78, 5) is 4.68. The Hall–Kier alpha value is -1.31. The molecule has 0 amide bonds. The minimum absolute atomic E-state index is 0.798. The normalized spacial score (nSPS) is 12.4. The third kappa shape index (κ3) is 20.7. The van der Waals surface area contributed by atoms with E-state index in [2.05, 4.69) is 54.0 Å². The Morgan fingerprint density at radius 2 is 0.795 bits per heavy atom. The van der Waals surface area contributed by atoms with Crippen LogP contribution in [0.1, 0.15) is 213 Å². The van der Waals surface area contributed by atoms with Crippen molar-refractivity contribution in [2.24, 2.45) is 5.92 Å². The number of hydrogen-bond donors (Lipinski definition) is 0. The molecule has 2 heteroatoms. The van der Waals surface area contributed by atoms with E-state index < -0.39 is 0 Å². The van der Waals surface area contributed by atoms with Gasteiger partial charge in [0.15, 0.2) is 0 Å². The fraction of sp³-hybridized carbons (Fsp3) is 0.833. The van der Waals surface area contributed by atoms with E-state index in [-0.39, 0.29) is 0 Å². The van der Waals surface area contributed by atoms with Crippen LogP contribution in [0.4, 0.5) is 0 Å². The van der Waals surface area contributed by atoms with Gasteiger partial charge in [0.1, 0.15) is 0 Å². The number of nitrogens with zero attached hydrogens (tertiary/aromatic N) is 2. The summed E-state index contributed by atoms with van der Waals surface area (Å²) < 4.78 is 2.44. The third-order valence-electron chi connectivity index (χ3n) is 10.2. The maximum Gasteiger partial charge on any atom is 0.0958 e. The Labute approximate surface area is 276 Å². The molecule has 44 heavy (non-hydrogen) atoms. The van der Waals surface area contributed by atoms with Crippen molar-refractivity contribution in [1.82, 2.24) is 9.55 Å². The molecule has 254 valence electrons. The van der Waals surface area contributed by atoms with Gasteiger partial charge >= 0.3 is 0 Å². The zero-order valence-electron chi connectivity index (χ0n) is 30.0. The molecule has 1 unspecified atom stereocenters. The highest BCUT2D eigenvalue weighted by Crippen LogP contribution is 2.24. The maximum atomic E-state index is 4.68. The minimum atomic E-state index is 0.798. The molecular weight excluding hydrogens is 532 g/mol. The van der Waals surface area contributed by atoms with Crippen molar-refractivity contribution >= 4 is 11.0 Å². The molecule has 0 N–H and O–H groups in total. The van der Waals surface area contributed by atoms with Crippen molar-refractivity contribution in [2.45, 2.75) is 219 Å². The van der Waals surface area contributed by atoms with E-state index in [1.165, 1.54) is 205 Å². The molecule has 2 nitrogen and oxygen atoms in total. The first-order valence-corrected chi connectivity index (χ1v) is 20.2. The SMILES string of the molecule is CCCCCCCCCCCCCCCCCC(CCCCCCCCCCCCCCCC)Cn1cnc2ccccc21. The fourth-order valence-corrected chi connectivity index (χ4v) is 7.19. The van der Waals surface area contributed by atoms with Crippen LogP contribution in [0.3, 0.4) is 0 Å². The first-order chi connectivity index (χ1) is 21.8. The van der Waals surface area contributed by atoms with Crippen LogP contribution < -0.4 is 0 Å². The van der Waals surface area contributed by atoms with E-state index >= 15 is 0 Å². The first kappa shape index (κ1) is 38.9. The van der Waals surface area contributed by atoms with Gasteiger partial charge < -0.3 is 4.57 Å². The molecule has 2 aromatic rings. The van der Waals surface area contributed by atoms with Crippen LogP contribution in [-0.4, -0.2) is 9.55 Å². The summed E-state index contributed by atoms with van der Waals surface area (Å²) in [5.74, 6) is 0.798. The average Bonchev–Trinajstić information content (AvgIpc) is 3.45. The molecule has 1 aromatic carbocycles. The van der Waals surface area contributed by atoms with Crippen LogP contribution in [0.25, 0.3) is 11.0 Å². The summed E-state index contributed by atoms with van der Waals surface area (Å²) in [6.07, 6.45) is 46.8. The van der Waals surface area contributed by atoms with Crippen LogP contribution in [0, 0.1) is 5.92 Å². The Kier molecular flexibility index (Phi) is 25.7. The first-order valence-electron chi connectivity index (χ1n) is 20.2. The molecule has 0 saturated heterocycles. The number of benzene rings is 1. The van der Waals surface area contributed by atoms with E-state index in [1.54, 1.807) is 0 Å². The van der Waals surface area contributed by atoms with Gasteiger partial charge in [0, 0.05) is 6.54 Å². The van der Waals surface area contributed by atoms with Crippen LogP contribution in [0.2, 0.25) is 0 Å². The predicted octanol–water partition coefficient (Wildman–Crippen LogP) is 14.8. The zero-order chi connectivity index (χ0) is 31.2. The lowest BCUT2D eigenvalue weighted by molar-refractivity contribution is 0.360. The lowest BCUT2D eigenvalue weighted by Gasteiger charge is -2.18. The zero-order valence-corrected chi connectivity index (χ0v) is 30.0. The van der Waals surface area contributed by atoms with Crippen molar-refractivity contribution in [1.29, 1.82) is 0 Å². The lowest BCUT2D eigenvalue weighted by atomic mass is 9.93. The summed E-state index contributed by atoms with van der Waals surface area (Å²) >= 11 is 0. The Balaban J connectivity index is 1.52. The summed E-state index contributed by atoms with van der Waals surface area (Å²) in [6, 6.07) is 8.68. The molecule has 0 aliphatic heterocycles. The number of fused-ring (bicyclic) bond motifs is 1. The molecule has 0 aliphatic rings. The van der Waals surface area contributed by atoms with Gasteiger partial charge in [-0.3, -0.25) is 0 Å². The largest absolute Gasteiger partial charge is 0.330 e. The Bertz CT molecular complexity index is 854. The van der Waals surface area contributed by atoms with Gasteiger partial charge in [-0.2, -0.15) is 0 Å². The van der Waals surface area contributed by atoms with E-state index in [0.29, 0.717) is 0 Å². The average molecular weight is 609 g/mol. The quantitative estimate of drug-likeness (QED) is 0.0737. The van der Waals surface area contributed by atoms with Gasteiger partial charge in [0.2, 0.25) is 0 Å². The Morgan fingerprint density at radius 3 is 1.18 bits per heavy atom. The van der Waals surface area contributed by atoms with Crippen molar-refractivity contribution in [3.63, 3.8) is 0 Å². The standard InChI is InChI=1S/C42H76N2/c1-3-5-7-9-11-13-15-17-19-21-23-25-27-29-31-35-40(38-44-39-43-41-36-32-33-37-42(41)44)34-30-28-26-24-22-20-18-16-14-12-10-8-6-4-2/h32-33,36-37,39-40H,3-31,34-35,38H2,1-2H3. The number of aromatic nitrogens is 2. The minimum Gasteiger partial charge on any atom is -0.330 e. The van der Waals surface area contributed by atoms with E-state index in [9.17, 15) is 0 Å². The van der Waals surface area contributed by atoms with Gasteiger partial charge in [-0.25, -0.2) is 4.98 Å². The van der Waals surface area contributed by atoms with E-state index in [0.717, 1.165) is 18.0 Å². The molecule has 2 rings (SSSR count). The molecule has 1 heterocycles. The molecule has 0 aliphatic carbocycles. The van der Waals surface area contributed by atoms with Crippen molar-refractivity contribution < 1.29 is 0 Å². The third-order valence-corrected chi connectivity index (χ3v) is 10.2. The summed E-state index contributed by atoms with van der Waals surface area (Å²) in [7, 11) is 0. The molecule has 1 aromatic heterocycles. The highest BCUT2D eigenvalue weighted by molar-refractivity contribution is 5.74. The molecule has 0 spiro atoms. The monoisotopic (exact) mass is 609 g/mol. The molecule has 1 atom stereocenters. The van der Waals surface area contributed by atoms with Gasteiger partial charge in [-0.05, 0) is 30.9 Å². The fourth-order valence-electron chi connectivity index (χ4n) is 7.19. The number of hydrogen-bond acceptors (Lipinski definition) is 1. The molecule has 0 bridgehead atoms. The number of unbranched alkanes of at least 4 members (excludes halogenated alkanes) is 27. The predicted molar refractivity (Wildman–Crippen MR) is 198 cm³/mol. The van der Waals surface area contributed by atoms with Gasteiger partial charge in [-0.15, -0.1) is 0 Å². The van der Waals surface area contributed by atoms with Crippen LogP contribution in [-0.2, 0) is 6.54 Å². The summed E-state index contributed by atoms with van der Waals surface area (Å²) in [5.41, 5.74) is 2.46. The lowest BCUT2D eigenvalue weighted by Crippen LogP contribution is -2.10. The summed E-state index contributed by atoms with van der Waals surface area (Å²) in [6.45, 7) is 5.77. The maximum absolute atomic E-state index is 4.68. The number of rotatable bonds is 33.